The van der Waals surface area contributed by atoms with E-state index in [-0.39, 0.29) is 5.91 Å². The summed E-state index contributed by atoms with van der Waals surface area (Å²) in [6.07, 6.45) is 7.68. The number of carbonyl (C=O) groups is 1. The van der Waals surface area contributed by atoms with Crippen molar-refractivity contribution in [2.75, 3.05) is 26.2 Å². The SMILES string of the molecule is CCc1c(CCN2CCC(c3coc4ccc(C)cc34)CC2)sc2c1CCN(C(C)=O)C2. The monoisotopic (exact) mass is 450 g/mol. The zero-order valence-electron chi connectivity index (χ0n) is 19.6. The molecule has 0 spiro atoms. The predicted octanol–water partition coefficient (Wildman–Crippen LogP) is 5.69. The van der Waals surface area contributed by atoms with Crippen molar-refractivity contribution in [2.24, 2.45) is 0 Å². The van der Waals surface area contributed by atoms with E-state index in [1.807, 2.05) is 22.5 Å². The van der Waals surface area contributed by atoms with Gasteiger partial charge in [0.1, 0.15) is 5.58 Å². The number of amides is 1. The molecule has 4 heterocycles. The topological polar surface area (TPSA) is 36.7 Å². The summed E-state index contributed by atoms with van der Waals surface area (Å²) in [5.41, 5.74) is 6.84. The average molecular weight is 451 g/mol. The molecule has 1 saturated heterocycles. The normalized spacial score (nSPS) is 17.8. The lowest BCUT2D eigenvalue weighted by Gasteiger charge is -2.31. The summed E-state index contributed by atoms with van der Waals surface area (Å²) < 4.78 is 5.84. The number of piperidine rings is 1. The summed E-state index contributed by atoms with van der Waals surface area (Å²) in [6.45, 7) is 11.3. The molecule has 1 aromatic carbocycles. The second-order valence-corrected chi connectivity index (χ2v) is 10.7. The molecule has 5 rings (SSSR count). The number of likely N-dealkylation sites (tertiary alicyclic amines) is 1. The van der Waals surface area contributed by atoms with Gasteiger partial charge < -0.3 is 14.2 Å². The molecule has 0 N–H and O–H groups in total. The molecule has 1 fully saturated rings. The minimum absolute atomic E-state index is 0.201. The molecule has 0 aliphatic carbocycles. The van der Waals surface area contributed by atoms with Crippen LogP contribution in [0.5, 0.6) is 0 Å². The van der Waals surface area contributed by atoms with Crippen LogP contribution in [0.1, 0.15) is 64.6 Å². The van der Waals surface area contributed by atoms with Crippen molar-refractivity contribution in [1.29, 1.82) is 0 Å². The molecule has 2 aromatic heterocycles. The van der Waals surface area contributed by atoms with Crippen LogP contribution >= 0.6 is 11.3 Å². The first-order valence-corrected chi connectivity index (χ1v) is 12.9. The van der Waals surface area contributed by atoms with Crippen molar-refractivity contribution in [3.63, 3.8) is 0 Å². The largest absolute Gasteiger partial charge is 0.464 e. The molecule has 0 bridgehead atoms. The third-order valence-corrected chi connectivity index (χ3v) is 8.81. The second-order valence-electron chi connectivity index (χ2n) is 9.51. The quantitative estimate of drug-likeness (QED) is 0.501. The van der Waals surface area contributed by atoms with Crippen LogP contribution in [0, 0.1) is 6.92 Å². The minimum atomic E-state index is 0.201. The number of thiophene rings is 1. The van der Waals surface area contributed by atoms with E-state index in [1.165, 1.54) is 34.2 Å². The maximum Gasteiger partial charge on any atom is 0.219 e. The van der Waals surface area contributed by atoms with Gasteiger partial charge in [-0.15, -0.1) is 11.3 Å². The Morgan fingerprint density at radius 3 is 2.78 bits per heavy atom. The first-order valence-electron chi connectivity index (χ1n) is 12.1. The van der Waals surface area contributed by atoms with E-state index >= 15 is 0 Å². The Labute approximate surface area is 195 Å². The zero-order valence-corrected chi connectivity index (χ0v) is 20.4. The van der Waals surface area contributed by atoms with Gasteiger partial charge in [-0.1, -0.05) is 18.6 Å². The van der Waals surface area contributed by atoms with Crippen LogP contribution in [0.2, 0.25) is 0 Å². The standard InChI is InChI=1S/C27H34N2O2S/c1-4-21-22-9-14-29(19(3)30)16-27(22)32-26(21)10-13-28-11-7-20(8-12-28)24-17-31-25-6-5-18(2)15-23(24)25/h5-6,15,17,20H,4,7-14,16H2,1-3H3. The van der Waals surface area contributed by atoms with E-state index in [4.69, 9.17) is 4.42 Å². The van der Waals surface area contributed by atoms with Crippen molar-refractivity contribution in [3.05, 3.63) is 56.5 Å². The number of rotatable bonds is 5. The Bertz CT molecular complexity index is 1120. The molecule has 1 amide bonds. The van der Waals surface area contributed by atoms with Gasteiger partial charge in [0.2, 0.25) is 5.91 Å². The smallest absolute Gasteiger partial charge is 0.219 e. The van der Waals surface area contributed by atoms with Gasteiger partial charge in [0.15, 0.2) is 0 Å². The highest BCUT2D eigenvalue weighted by Crippen LogP contribution is 2.36. The van der Waals surface area contributed by atoms with E-state index in [0.29, 0.717) is 5.92 Å². The van der Waals surface area contributed by atoms with Crippen LogP contribution in [-0.2, 0) is 30.6 Å². The Hall–Kier alpha value is -2.11. The van der Waals surface area contributed by atoms with E-state index in [0.717, 1.165) is 57.6 Å². The van der Waals surface area contributed by atoms with Crippen LogP contribution in [-0.4, -0.2) is 41.9 Å². The van der Waals surface area contributed by atoms with Crippen LogP contribution in [0.25, 0.3) is 11.0 Å². The van der Waals surface area contributed by atoms with Crippen LogP contribution in [0.3, 0.4) is 0 Å². The summed E-state index contributed by atoms with van der Waals surface area (Å²) in [5, 5.41) is 1.31. The molecule has 0 saturated carbocycles. The number of hydrogen-bond acceptors (Lipinski definition) is 4. The molecule has 0 atom stereocenters. The van der Waals surface area contributed by atoms with Crippen LogP contribution < -0.4 is 0 Å². The lowest BCUT2D eigenvalue weighted by atomic mass is 9.89. The average Bonchev–Trinajstić information content (AvgIpc) is 3.37. The maximum atomic E-state index is 11.8. The third kappa shape index (κ3) is 4.13. The van der Waals surface area contributed by atoms with Gasteiger partial charge in [0, 0.05) is 40.7 Å². The van der Waals surface area contributed by atoms with Gasteiger partial charge in [-0.25, -0.2) is 0 Å². The first-order chi connectivity index (χ1) is 15.5. The molecule has 2 aliphatic rings. The van der Waals surface area contributed by atoms with Gasteiger partial charge >= 0.3 is 0 Å². The van der Waals surface area contributed by atoms with Crippen molar-refractivity contribution in [2.45, 2.75) is 65.3 Å². The lowest BCUT2D eigenvalue weighted by Crippen LogP contribution is -2.34. The molecule has 3 aromatic rings. The molecule has 4 nitrogen and oxygen atoms in total. The van der Waals surface area contributed by atoms with Crippen molar-refractivity contribution in [3.8, 4) is 0 Å². The van der Waals surface area contributed by atoms with E-state index < -0.39 is 0 Å². The Kier molecular flexibility index (Phi) is 6.13. The minimum Gasteiger partial charge on any atom is -0.464 e. The van der Waals surface area contributed by atoms with Gasteiger partial charge in [-0.2, -0.15) is 0 Å². The van der Waals surface area contributed by atoms with Crippen molar-refractivity contribution >= 4 is 28.2 Å². The summed E-state index contributed by atoms with van der Waals surface area (Å²) in [4.78, 5) is 19.4. The number of hydrogen-bond donors (Lipinski definition) is 0. The molecule has 2 aliphatic heterocycles. The first kappa shape index (κ1) is 21.7. The zero-order chi connectivity index (χ0) is 22.2. The number of nitrogens with zero attached hydrogens (tertiary/aromatic N) is 2. The van der Waals surface area contributed by atoms with Crippen molar-refractivity contribution < 1.29 is 9.21 Å². The predicted molar refractivity (Wildman–Crippen MR) is 132 cm³/mol. The Balaban J connectivity index is 1.21. The maximum absolute atomic E-state index is 11.8. The van der Waals surface area contributed by atoms with E-state index in [2.05, 4.69) is 36.9 Å². The summed E-state index contributed by atoms with van der Waals surface area (Å²) in [5.74, 6) is 0.805. The Morgan fingerprint density at radius 1 is 1.22 bits per heavy atom. The molecular weight excluding hydrogens is 416 g/mol. The highest BCUT2D eigenvalue weighted by molar-refractivity contribution is 7.12. The fourth-order valence-electron chi connectivity index (χ4n) is 5.61. The number of fused-ring (bicyclic) bond motifs is 2. The molecular formula is C27H34N2O2S. The van der Waals surface area contributed by atoms with E-state index in [1.54, 1.807) is 22.9 Å². The van der Waals surface area contributed by atoms with Crippen molar-refractivity contribution in [1.82, 2.24) is 9.80 Å². The van der Waals surface area contributed by atoms with Crippen LogP contribution in [0.15, 0.2) is 28.9 Å². The number of furan rings is 1. The summed E-state index contributed by atoms with van der Waals surface area (Å²) in [6, 6.07) is 6.51. The molecule has 170 valence electrons. The second kappa shape index (κ2) is 9.03. The van der Waals surface area contributed by atoms with Crippen LogP contribution in [0.4, 0.5) is 0 Å². The molecule has 0 unspecified atom stereocenters. The fourth-order valence-corrected chi connectivity index (χ4v) is 7.06. The molecule has 32 heavy (non-hydrogen) atoms. The number of benzene rings is 1. The van der Waals surface area contributed by atoms with E-state index in [9.17, 15) is 4.79 Å². The fraction of sp³-hybridized carbons (Fsp3) is 0.519. The molecule has 5 heteroatoms. The highest BCUT2D eigenvalue weighted by Gasteiger charge is 2.26. The summed E-state index contributed by atoms with van der Waals surface area (Å²) in [7, 11) is 0. The number of aryl methyl sites for hydroxylation is 1. The van der Waals surface area contributed by atoms with Gasteiger partial charge in [0.05, 0.1) is 12.8 Å². The van der Waals surface area contributed by atoms with Gasteiger partial charge in [-0.05, 0) is 81.3 Å². The lowest BCUT2D eigenvalue weighted by molar-refractivity contribution is -0.129. The number of carbonyl (C=O) groups excluding carboxylic acids is 1. The Morgan fingerprint density at radius 2 is 2.03 bits per heavy atom. The summed E-state index contributed by atoms with van der Waals surface area (Å²) >= 11 is 1.96. The highest BCUT2D eigenvalue weighted by atomic mass is 32.1. The molecule has 0 radical (unpaired) electrons. The van der Waals surface area contributed by atoms with Gasteiger partial charge in [-0.3, -0.25) is 4.79 Å². The van der Waals surface area contributed by atoms with Gasteiger partial charge in [0.25, 0.3) is 0 Å². The third-order valence-electron chi connectivity index (χ3n) is 7.49.